The number of nitrogens with one attached hydrogen (secondary N) is 1. The molecule has 4 aromatic carbocycles. The third-order valence-corrected chi connectivity index (χ3v) is 12.9. The summed E-state index contributed by atoms with van der Waals surface area (Å²) in [4.78, 5) is 31.7. The van der Waals surface area contributed by atoms with Crippen molar-refractivity contribution >= 4 is 54.7 Å². The summed E-state index contributed by atoms with van der Waals surface area (Å²) in [5.41, 5.74) is 11.1. The molecule has 0 radical (unpaired) electrons. The molecular formula is C49H36F3N9O2S2. The lowest BCUT2D eigenvalue weighted by atomic mass is 9.99. The normalized spacial score (nSPS) is 11.7. The fraction of sp³-hybridized carbons (Fsp3) is 0.102. The second-order valence-corrected chi connectivity index (χ2v) is 16.9. The average Bonchev–Trinajstić information content (AvgIpc) is 4.05. The quantitative estimate of drug-likeness (QED) is 0.114. The van der Waals surface area contributed by atoms with Gasteiger partial charge >= 0.3 is 6.18 Å². The number of hydrogen-bond acceptors (Lipinski definition) is 12. The van der Waals surface area contributed by atoms with Gasteiger partial charge in [-0.15, -0.1) is 22.7 Å². The number of imidazole rings is 1. The lowest BCUT2D eigenvalue weighted by molar-refractivity contribution is -0.137. The van der Waals surface area contributed by atoms with E-state index in [0.717, 1.165) is 49.5 Å². The molecule has 10 aromatic rings. The molecule has 65 heavy (non-hydrogen) atoms. The van der Waals surface area contributed by atoms with Crippen LogP contribution in [-0.4, -0.2) is 54.7 Å². The van der Waals surface area contributed by atoms with Gasteiger partial charge in [0.25, 0.3) is 0 Å². The summed E-state index contributed by atoms with van der Waals surface area (Å²) in [6, 6.07) is 38.2. The monoisotopic (exact) mass is 903 g/mol. The van der Waals surface area contributed by atoms with Gasteiger partial charge in [0.2, 0.25) is 5.88 Å². The maximum absolute atomic E-state index is 14.2. The van der Waals surface area contributed by atoms with Crippen molar-refractivity contribution in [3.05, 3.63) is 145 Å². The van der Waals surface area contributed by atoms with Crippen molar-refractivity contribution in [3.8, 4) is 77.9 Å². The van der Waals surface area contributed by atoms with E-state index in [1.807, 2.05) is 66.7 Å². The van der Waals surface area contributed by atoms with E-state index in [0.29, 0.717) is 62.5 Å². The number of hydrogen-bond donors (Lipinski definition) is 2. The number of anilines is 2. The molecule has 0 bridgehead atoms. The summed E-state index contributed by atoms with van der Waals surface area (Å²) in [5, 5.41) is 4.34. The molecule has 16 heteroatoms. The van der Waals surface area contributed by atoms with E-state index in [1.165, 1.54) is 17.4 Å². The number of halogens is 3. The second kappa shape index (κ2) is 17.2. The van der Waals surface area contributed by atoms with Gasteiger partial charge in [0.05, 0.1) is 23.1 Å². The predicted molar refractivity (Wildman–Crippen MR) is 252 cm³/mol. The van der Waals surface area contributed by atoms with Crippen LogP contribution in [0.4, 0.5) is 24.8 Å². The summed E-state index contributed by atoms with van der Waals surface area (Å²) in [6.45, 7) is 0.908. The largest absolute Gasteiger partial charge is 0.437 e. The number of ether oxygens (including phenoxy) is 2. The van der Waals surface area contributed by atoms with Gasteiger partial charge in [-0.05, 0) is 34.4 Å². The maximum atomic E-state index is 14.2. The zero-order valence-corrected chi connectivity index (χ0v) is 36.3. The third-order valence-electron chi connectivity index (χ3n) is 10.5. The Kier molecular flexibility index (Phi) is 11.0. The van der Waals surface area contributed by atoms with Crippen molar-refractivity contribution in [3.63, 3.8) is 0 Å². The highest BCUT2D eigenvalue weighted by atomic mass is 32.1. The van der Waals surface area contributed by atoms with E-state index < -0.39 is 11.7 Å². The molecule has 322 valence electrons. The summed E-state index contributed by atoms with van der Waals surface area (Å²) >= 11 is 2.86. The van der Waals surface area contributed by atoms with Crippen LogP contribution in [0.5, 0.6) is 11.6 Å². The number of nitrogens with zero attached hydrogens (tertiary/aromatic N) is 7. The molecule has 0 fully saturated rings. The number of benzene rings is 4. The van der Waals surface area contributed by atoms with Crippen LogP contribution in [0.25, 0.3) is 86.7 Å². The van der Waals surface area contributed by atoms with Crippen LogP contribution >= 0.6 is 22.7 Å². The summed E-state index contributed by atoms with van der Waals surface area (Å²) < 4.78 is 56.9. The Morgan fingerprint density at radius 2 is 1.38 bits per heavy atom. The number of rotatable bonds is 12. The number of aromatic nitrogens is 7. The maximum Gasteiger partial charge on any atom is 0.416 e. The first-order chi connectivity index (χ1) is 31.6. The number of alkyl halides is 3. The molecule has 10 rings (SSSR count). The molecule has 6 heterocycles. The van der Waals surface area contributed by atoms with Gasteiger partial charge in [0.15, 0.2) is 17.5 Å². The van der Waals surface area contributed by atoms with Crippen LogP contribution < -0.4 is 15.8 Å². The molecule has 0 saturated heterocycles. The van der Waals surface area contributed by atoms with Gasteiger partial charge in [-0.1, -0.05) is 103 Å². The van der Waals surface area contributed by atoms with Gasteiger partial charge in [-0.25, -0.2) is 24.9 Å². The molecule has 0 unspecified atom stereocenters. The van der Waals surface area contributed by atoms with Crippen molar-refractivity contribution in [2.45, 2.75) is 6.18 Å². The van der Waals surface area contributed by atoms with Crippen LogP contribution in [-0.2, 0) is 18.0 Å². The molecule has 0 amide bonds. The van der Waals surface area contributed by atoms with Crippen molar-refractivity contribution < 1.29 is 22.6 Å². The van der Waals surface area contributed by atoms with Crippen LogP contribution in [0.3, 0.4) is 0 Å². The summed E-state index contributed by atoms with van der Waals surface area (Å²) in [5.74, 6) is 2.06. The number of aryl methyl sites for hydroxylation is 1. The van der Waals surface area contributed by atoms with E-state index in [-0.39, 0.29) is 23.3 Å². The van der Waals surface area contributed by atoms with Gasteiger partial charge in [-0.3, -0.25) is 0 Å². The number of nitrogen functional groups attached to an aromatic ring is 1. The highest BCUT2D eigenvalue weighted by molar-refractivity contribution is 7.23. The highest BCUT2D eigenvalue weighted by Crippen LogP contribution is 2.50. The molecule has 3 N–H and O–H groups in total. The lowest BCUT2D eigenvalue weighted by Crippen LogP contribution is -2.10. The average molecular weight is 904 g/mol. The minimum atomic E-state index is -4.57. The number of methoxy groups -OCH3 is 1. The third kappa shape index (κ3) is 8.14. The van der Waals surface area contributed by atoms with Gasteiger partial charge in [0.1, 0.15) is 32.6 Å². The number of fused-ring (bicyclic) bond motifs is 2. The van der Waals surface area contributed by atoms with Crippen molar-refractivity contribution in [1.82, 2.24) is 34.5 Å². The standard InChI is InChI=1S/C49H36F3N9O2S2/c1-61-23-21-55-46(61)45-57-39-37(31-19-12-20-32(25-31)49(50,51)52)41(30-17-10-5-11-18-30)64-42(39)47(59-45)63-33-26-34(56-35(53)27-33)43-58-44(54-22-24-62-2)38-36(28-13-6-3-7-14-28)40(65-48(38)60-43)29-15-8-4-9-16-29/h3-21,23,25-27H,22,24H2,1-2H3,(H2,53,56)(H,54,58,60). The Bertz CT molecular complexity index is 3340. The molecule has 11 nitrogen and oxygen atoms in total. The Hall–Kier alpha value is -7.53. The first-order valence-corrected chi connectivity index (χ1v) is 22.0. The van der Waals surface area contributed by atoms with Crippen LogP contribution in [0.2, 0.25) is 0 Å². The van der Waals surface area contributed by atoms with Gasteiger partial charge in [-0.2, -0.15) is 18.2 Å². The van der Waals surface area contributed by atoms with Crippen LogP contribution in [0.1, 0.15) is 5.56 Å². The van der Waals surface area contributed by atoms with E-state index in [9.17, 15) is 13.2 Å². The van der Waals surface area contributed by atoms with E-state index >= 15 is 0 Å². The topological polar surface area (TPSA) is 139 Å². The number of pyridine rings is 1. The first-order valence-electron chi connectivity index (χ1n) is 20.3. The Labute approximate surface area is 378 Å². The van der Waals surface area contributed by atoms with Crippen LogP contribution in [0.15, 0.2) is 140 Å². The zero-order chi connectivity index (χ0) is 44.7. The summed E-state index contributed by atoms with van der Waals surface area (Å²) in [6.07, 6.45) is -1.20. The van der Waals surface area contributed by atoms with Crippen molar-refractivity contribution in [1.29, 1.82) is 0 Å². The fourth-order valence-electron chi connectivity index (χ4n) is 7.61. The molecule has 0 aliphatic carbocycles. The highest BCUT2D eigenvalue weighted by Gasteiger charge is 2.32. The van der Waals surface area contributed by atoms with Crippen molar-refractivity contribution in [2.24, 2.45) is 7.05 Å². The fourth-order valence-corrected chi connectivity index (χ4v) is 10.0. The van der Waals surface area contributed by atoms with E-state index in [2.05, 4.69) is 39.6 Å². The molecule has 6 aromatic heterocycles. The van der Waals surface area contributed by atoms with Crippen molar-refractivity contribution in [2.75, 3.05) is 31.3 Å². The molecule has 0 atom stereocenters. The molecule has 0 aliphatic rings. The Morgan fingerprint density at radius 1 is 0.708 bits per heavy atom. The zero-order valence-electron chi connectivity index (χ0n) is 34.7. The molecular weight excluding hydrogens is 868 g/mol. The number of thiophene rings is 2. The minimum Gasteiger partial charge on any atom is -0.437 e. The van der Waals surface area contributed by atoms with Gasteiger partial charge < -0.3 is 25.1 Å². The molecule has 0 spiro atoms. The minimum absolute atomic E-state index is 0.131. The van der Waals surface area contributed by atoms with E-state index in [4.69, 9.17) is 35.1 Å². The lowest BCUT2D eigenvalue weighted by Gasteiger charge is -2.13. The Balaban J connectivity index is 1.15. The smallest absolute Gasteiger partial charge is 0.416 e. The second-order valence-electron chi connectivity index (χ2n) is 14.9. The Morgan fingerprint density at radius 3 is 2.05 bits per heavy atom. The van der Waals surface area contributed by atoms with E-state index in [1.54, 1.807) is 60.7 Å². The molecule has 0 saturated carbocycles. The van der Waals surface area contributed by atoms with Crippen LogP contribution in [0, 0.1) is 0 Å². The summed E-state index contributed by atoms with van der Waals surface area (Å²) in [7, 11) is 3.45. The van der Waals surface area contributed by atoms with Gasteiger partial charge in [0, 0.05) is 66.1 Å². The first kappa shape index (κ1) is 41.5. The number of nitrogens with two attached hydrogens (primary N) is 1. The molecule has 0 aliphatic heterocycles. The SMILES string of the molecule is COCCNc1nc(-c2cc(Oc3nc(-c4nccn4C)nc4c(-c5cccc(C(F)(F)F)c5)c(-c5ccccc5)sc34)cc(N)n2)nc2sc(-c3ccccc3)c(-c3ccccc3)c12. The predicted octanol–water partition coefficient (Wildman–Crippen LogP) is 12.3.